The molecule has 7 N–H and O–H groups in total. The van der Waals surface area contributed by atoms with E-state index in [9.17, 15) is 29.1 Å². The first-order valence-corrected chi connectivity index (χ1v) is 20.2. The molecular formula is C43H55FN8O8. The number of amides is 4. The number of carboxylic acids is 1. The Labute approximate surface area is 348 Å². The number of fused-ring (bicyclic) bond motifs is 1. The molecule has 2 heterocycles. The fourth-order valence-electron chi connectivity index (χ4n) is 6.88. The number of hydrogen-bond acceptors (Lipinski definition) is 10. The van der Waals surface area contributed by atoms with Gasteiger partial charge in [0.25, 0.3) is 0 Å². The summed E-state index contributed by atoms with van der Waals surface area (Å²) in [6.45, 7) is 9.18. The highest BCUT2D eigenvalue weighted by Gasteiger charge is 2.26. The Morgan fingerprint density at radius 2 is 1.60 bits per heavy atom. The van der Waals surface area contributed by atoms with E-state index < -0.39 is 41.0 Å². The number of halogens is 1. The number of nitrogens with zero attached hydrogens (tertiary/aromatic N) is 3. The van der Waals surface area contributed by atoms with E-state index in [0.717, 1.165) is 22.9 Å². The van der Waals surface area contributed by atoms with Crippen molar-refractivity contribution in [2.45, 2.75) is 65.5 Å². The fourth-order valence-corrected chi connectivity index (χ4v) is 6.88. The molecule has 1 aliphatic heterocycles. The molecule has 17 heteroatoms. The van der Waals surface area contributed by atoms with Gasteiger partial charge in [-0.25, -0.2) is 23.6 Å². The van der Waals surface area contributed by atoms with Crippen molar-refractivity contribution in [2.75, 3.05) is 56.0 Å². The lowest BCUT2D eigenvalue weighted by molar-refractivity contribution is 0.0694. The zero-order valence-electron chi connectivity index (χ0n) is 34.2. The van der Waals surface area contributed by atoms with Crippen LogP contribution in [0.15, 0.2) is 77.7 Å². The van der Waals surface area contributed by atoms with Crippen molar-refractivity contribution in [3.8, 4) is 0 Å². The molecule has 4 amide bonds. The molecule has 16 nitrogen and oxygen atoms in total. The summed E-state index contributed by atoms with van der Waals surface area (Å²) in [6.07, 6.45) is 1.69. The minimum absolute atomic E-state index is 0.00289. The number of aryl methyl sites for hydroxylation is 1. The van der Waals surface area contributed by atoms with Crippen molar-refractivity contribution in [1.82, 2.24) is 25.4 Å². The SMILES string of the molecule is CCn1cc(C(=O)O)c(=O)c2cc(F)c(N3CCN(C(=O)OCc4ccc(NC[C@H](CCCNC(N)=O)NC[C@@H](NC(=O)OCc5ccccc5)C(C)C)cc4)CC3)cc21. The smallest absolute Gasteiger partial charge is 0.410 e. The molecule has 0 aliphatic carbocycles. The molecule has 60 heavy (non-hydrogen) atoms. The monoisotopic (exact) mass is 830 g/mol. The maximum Gasteiger partial charge on any atom is 0.410 e. The molecule has 0 radical (unpaired) electrons. The largest absolute Gasteiger partial charge is 0.477 e. The number of carboxylic acid groups (broad SMARTS) is 1. The molecule has 0 bridgehead atoms. The lowest BCUT2D eigenvalue weighted by Gasteiger charge is -2.35. The van der Waals surface area contributed by atoms with Crippen molar-refractivity contribution in [1.29, 1.82) is 0 Å². The van der Waals surface area contributed by atoms with Crippen molar-refractivity contribution in [3.05, 3.63) is 106 Å². The normalized spacial score (nSPS) is 13.8. The van der Waals surface area contributed by atoms with Crippen LogP contribution in [0.2, 0.25) is 0 Å². The molecule has 1 saturated heterocycles. The predicted octanol–water partition coefficient (Wildman–Crippen LogP) is 5.09. The molecule has 3 aromatic carbocycles. The number of hydrogen-bond donors (Lipinski definition) is 6. The van der Waals surface area contributed by atoms with E-state index >= 15 is 4.39 Å². The molecule has 1 aliphatic rings. The van der Waals surface area contributed by atoms with Crippen LogP contribution in [0.3, 0.4) is 0 Å². The van der Waals surface area contributed by atoms with E-state index in [0.29, 0.717) is 57.6 Å². The zero-order valence-corrected chi connectivity index (χ0v) is 34.2. The fraction of sp³-hybridized carbons (Fsp3) is 0.419. The molecule has 0 saturated carbocycles. The van der Waals surface area contributed by atoms with E-state index in [1.54, 1.807) is 27.4 Å². The Bertz CT molecular complexity index is 2140. The molecule has 0 spiro atoms. The molecule has 1 aromatic heterocycles. The van der Waals surface area contributed by atoms with Gasteiger partial charge in [0.15, 0.2) is 0 Å². The number of nitrogens with two attached hydrogens (primary N) is 1. The molecule has 2 atom stereocenters. The average Bonchev–Trinajstić information content (AvgIpc) is 3.24. The number of benzene rings is 3. The highest BCUT2D eigenvalue weighted by atomic mass is 19.1. The standard InChI is InChI=1S/C43H55FN8O8/c1-4-50-25-34(40(54)55)39(53)33-21-35(44)38(22-37(33)50)51-17-19-52(20-18-51)43(58)60-27-30-12-14-31(15-13-30)47-23-32(11-8-16-46-41(45)56)48-24-36(28(2)3)49-42(57)59-26-29-9-6-5-7-10-29/h5-7,9-10,12-15,21-22,25,28,32,36,47-48H,4,8,11,16-20,23-24,26-27H2,1-3H3,(H,49,57)(H,54,55)(H3,45,46,56)/t32-,36+/m0/s1. The summed E-state index contributed by atoms with van der Waals surface area (Å²) in [6, 6.07) is 18.8. The second-order valence-corrected chi connectivity index (χ2v) is 15.0. The van der Waals surface area contributed by atoms with Crippen molar-refractivity contribution in [2.24, 2.45) is 11.7 Å². The maximum absolute atomic E-state index is 15.3. The van der Waals surface area contributed by atoms with Gasteiger partial charge in [-0.15, -0.1) is 0 Å². The maximum atomic E-state index is 15.3. The summed E-state index contributed by atoms with van der Waals surface area (Å²) in [5.74, 6) is -1.89. The number of aromatic carboxylic acids is 1. The van der Waals surface area contributed by atoms with Crippen LogP contribution in [-0.2, 0) is 29.2 Å². The molecule has 322 valence electrons. The number of ether oxygens (including phenoxy) is 2. The number of pyridine rings is 1. The first kappa shape index (κ1) is 44.7. The van der Waals surface area contributed by atoms with Gasteiger partial charge < -0.3 is 55.9 Å². The van der Waals surface area contributed by atoms with Gasteiger partial charge in [-0.05, 0) is 61.1 Å². The van der Waals surface area contributed by atoms with Crippen molar-refractivity contribution < 1.29 is 38.1 Å². The van der Waals surface area contributed by atoms with E-state index in [2.05, 4.69) is 21.3 Å². The average molecular weight is 831 g/mol. The van der Waals surface area contributed by atoms with Gasteiger partial charge in [0.05, 0.1) is 11.2 Å². The lowest BCUT2D eigenvalue weighted by atomic mass is 10.0. The molecule has 5 rings (SSSR count). The van der Waals surface area contributed by atoms with Crippen LogP contribution >= 0.6 is 0 Å². The molecule has 1 fully saturated rings. The van der Waals surface area contributed by atoms with Gasteiger partial charge in [0, 0.05) is 81.7 Å². The second-order valence-electron chi connectivity index (χ2n) is 15.0. The lowest BCUT2D eigenvalue weighted by Crippen LogP contribution is -2.49. The van der Waals surface area contributed by atoms with Gasteiger partial charge in [-0.3, -0.25) is 4.79 Å². The van der Waals surface area contributed by atoms with Crippen molar-refractivity contribution in [3.63, 3.8) is 0 Å². The Balaban J connectivity index is 1.09. The van der Waals surface area contributed by atoms with Gasteiger partial charge in [0.1, 0.15) is 24.6 Å². The topological polar surface area (TPSA) is 210 Å². The van der Waals surface area contributed by atoms with E-state index in [-0.39, 0.29) is 55.4 Å². The first-order valence-electron chi connectivity index (χ1n) is 20.2. The minimum atomic E-state index is -1.37. The molecular weight excluding hydrogens is 776 g/mol. The summed E-state index contributed by atoms with van der Waals surface area (Å²) >= 11 is 0. The number of piperazine rings is 1. The highest BCUT2D eigenvalue weighted by Crippen LogP contribution is 2.27. The number of aromatic nitrogens is 1. The van der Waals surface area contributed by atoms with Gasteiger partial charge in [0.2, 0.25) is 5.43 Å². The van der Waals surface area contributed by atoms with Crippen LogP contribution in [0.1, 0.15) is 55.1 Å². The first-order chi connectivity index (χ1) is 28.8. The third kappa shape index (κ3) is 12.6. The third-order valence-corrected chi connectivity index (χ3v) is 10.4. The van der Waals surface area contributed by atoms with Crippen LogP contribution < -0.4 is 37.3 Å². The Morgan fingerprint density at radius 3 is 2.25 bits per heavy atom. The number of carbonyl (C=O) groups excluding carboxylic acids is 3. The number of anilines is 2. The van der Waals surface area contributed by atoms with Gasteiger partial charge in [-0.1, -0.05) is 56.3 Å². The number of alkyl carbamates (subject to hydrolysis) is 1. The second kappa shape index (κ2) is 21.6. The Kier molecular flexibility index (Phi) is 16.1. The third-order valence-electron chi connectivity index (χ3n) is 10.4. The summed E-state index contributed by atoms with van der Waals surface area (Å²) in [5, 5.41) is 22.0. The van der Waals surface area contributed by atoms with Crippen LogP contribution in [0.25, 0.3) is 10.9 Å². The number of rotatable bonds is 19. The van der Waals surface area contributed by atoms with Crippen LogP contribution in [-0.4, -0.2) is 96.7 Å². The van der Waals surface area contributed by atoms with E-state index in [1.807, 2.05) is 68.4 Å². The Hall–Kier alpha value is -6.36. The van der Waals surface area contributed by atoms with Crippen LogP contribution in [0.5, 0.6) is 0 Å². The number of primary amides is 1. The zero-order chi connectivity index (χ0) is 43.2. The highest BCUT2D eigenvalue weighted by molar-refractivity contribution is 5.93. The quantitative estimate of drug-likeness (QED) is 0.0686. The molecule has 4 aromatic rings. The summed E-state index contributed by atoms with van der Waals surface area (Å²) in [7, 11) is 0. The van der Waals surface area contributed by atoms with Crippen LogP contribution in [0, 0.1) is 11.7 Å². The summed E-state index contributed by atoms with van der Waals surface area (Å²) < 4.78 is 28.0. The van der Waals surface area contributed by atoms with Crippen LogP contribution in [0.4, 0.5) is 30.1 Å². The number of urea groups is 1. The predicted molar refractivity (Wildman–Crippen MR) is 227 cm³/mol. The summed E-state index contributed by atoms with van der Waals surface area (Å²) in [5.41, 5.74) is 7.33. The Morgan fingerprint density at radius 1 is 0.917 bits per heavy atom. The summed E-state index contributed by atoms with van der Waals surface area (Å²) in [4.78, 5) is 64.5. The van der Waals surface area contributed by atoms with Gasteiger partial charge >= 0.3 is 24.2 Å². The number of carbonyl (C=O) groups is 4. The van der Waals surface area contributed by atoms with Gasteiger partial charge in [-0.2, -0.15) is 0 Å². The van der Waals surface area contributed by atoms with E-state index in [1.165, 1.54) is 6.20 Å². The molecule has 0 unspecified atom stereocenters. The van der Waals surface area contributed by atoms with Crippen molar-refractivity contribution >= 4 is 46.5 Å². The number of nitrogens with one attached hydrogen (secondary N) is 4. The van der Waals surface area contributed by atoms with E-state index in [4.69, 9.17) is 15.2 Å². The minimum Gasteiger partial charge on any atom is -0.477 e.